The normalized spacial score (nSPS) is 23.2. The molecule has 1 saturated heterocycles. The molecule has 0 N–H and O–H groups in total. The highest BCUT2D eigenvalue weighted by molar-refractivity contribution is 5.36. The van der Waals surface area contributed by atoms with Gasteiger partial charge in [-0.15, -0.1) is 0 Å². The molecule has 1 aromatic heterocycles. The van der Waals surface area contributed by atoms with Crippen LogP contribution in [0.1, 0.15) is 6.92 Å². The molecule has 1 aliphatic heterocycles. The molecule has 0 bridgehead atoms. The second-order valence-electron chi connectivity index (χ2n) is 3.20. The van der Waals surface area contributed by atoms with Crippen LogP contribution in [-0.4, -0.2) is 35.8 Å². The molecule has 0 aromatic carbocycles. The first kappa shape index (κ1) is 8.44. The SMILES string of the molecule is CC1CN(c2ccncn2)CCO1. The zero-order valence-electron chi connectivity index (χ0n) is 7.68. The van der Waals surface area contributed by atoms with Gasteiger partial charge >= 0.3 is 0 Å². The van der Waals surface area contributed by atoms with E-state index in [1.165, 1.54) is 0 Å². The highest BCUT2D eigenvalue weighted by Crippen LogP contribution is 2.12. The average Bonchev–Trinajstić information content (AvgIpc) is 2.19. The Balaban J connectivity index is 2.08. The smallest absolute Gasteiger partial charge is 0.132 e. The van der Waals surface area contributed by atoms with Gasteiger partial charge in [0.1, 0.15) is 12.1 Å². The maximum Gasteiger partial charge on any atom is 0.132 e. The maximum absolute atomic E-state index is 5.44. The van der Waals surface area contributed by atoms with Crippen LogP contribution in [0.3, 0.4) is 0 Å². The number of nitrogens with zero attached hydrogens (tertiary/aromatic N) is 3. The van der Waals surface area contributed by atoms with Crippen molar-refractivity contribution in [2.75, 3.05) is 24.6 Å². The fraction of sp³-hybridized carbons (Fsp3) is 0.556. The van der Waals surface area contributed by atoms with E-state index in [0.717, 1.165) is 25.5 Å². The van der Waals surface area contributed by atoms with Gasteiger partial charge in [-0.1, -0.05) is 0 Å². The zero-order valence-corrected chi connectivity index (χ0v) is 7.68. The summed E-state index contributed by atoms with van der Waals surface area (Å²) in [5.41, 5.74) is 0. The number of hydrogen-bond donors (Lipinski definition) is 0. The Labute approximate surface area is 77.6 Å². The number of morpholine rings is 1. The Morgan fingerprint density at radius 2 is 2.54 bits per heavy atom. The molecule has 1 aliphatic rings. The van der Waals surface area contributed by atoms with Crippen LogP contribution in [0.5, 0.6) is 0 Å². The third kappa shape index (κ3) is 1.95. The van der Waals surface area contributed by atoms with Gasteiger partial charge in [0.05, 0.1) is 12.7 Å². The minimum Gasteiger partial charge on any atom is -0.375 e. The monoisotopic (exact) mass is 179 g/mol. The molecule has 1 aromatic rings. The lowest BCUT2D eigenvalue weighted by Crippen LogP contribution is -2.41. The van der Waals surface area contributed by atoms with Gasteiger partial charge in [-0.25, -0.2) is 9.97 Å². The van der Waals surface area contributed by atoms with Crippen molar-refractivity contribution in [2.24, 2.45) is 0 Å². The molecule has 0 radical (unpaired) electrons. The van der Waals surface area contributed by atoms with Crippen molar-refractivity contribution in [3.05, 3.63) is 18.6 Å². The fourth-order valence-electron chi connectivity index (χ4n) is 1.50. The molecule has 0 saturated carbocycles. The van der Waals surface area contributed by atoms with Crippen molar-refractivity contribution >= 4 is 5.82 Å². The summed E-state index contributed by atoms with van der Waals surface area (Å²) in [7, 11) is 0. The largest absolute Gasteiger partial charge is 0.375 e. The lowest BCUT2D eigenvalue weighted by atomic mass is 10.3. The van der Waals surface area contributed by atoms with E-state index >= 15 is 0 Å². The van der Waals surface area contributed by atoms with E-state index in [2.05, 4.69) is 21.8 Å². The molecule has 70 valence electrons. The Morgan fingerprint density at radius 1 is 1.62 bits per heavy atom. The summed E-state index contributed by atoms with van der Waals surface area (Å²) >= 11 is 0. The van der Waals surface area contributed by atoms with Crippen LogP contribution in [0, 0.1) is 0 Å². The minimum absolute atomic E-state index is 0.295. The number of anilines is 1. The Bertz CT molecular complexity index is 265. The van der Waals surface area contributed by atoms with Crippen LogP contribution in [0.2, 0.25) is 0 Å². The van der Waals surface area contributed by atoms with Crippen molar-refractivity contribution in [3.63, 3.8) is 0 Å². The zero-order chi connectivity index (χ0) is 9.10. The molecule has 1 unspecified atom stereocenters. The molecular weight excluding hydrogens is 166 g/mol. The third-order valence-electron chi connectivity index (χ3n) is 2.13. The van der Waals surface area contributed by atoms with Crippen LogP contribution in [-0.2, 0) is 4.74 Å². The molecule has 2 heterocycles. The molecule has 0 spiro atoms. The molecule has 2 rings (SSSR count). The summed E-state index contributed by atoms with van der Waals surface area (Å²) in [5.74, 6) is 0.991. The van der Waals surface area contributed by atoms with Crippen molar-refractivity contribution in [1.82, 2.24) is 9.97 Å². The van der Waals surface area contributed by atoms with E-state index in [-0.39, 0.29) is 0 Å². The lowest BCUT2D eigenvalue weighted by molar-refractivity contribution is 0.0529. The van der Waals surface area contributed by atoms with Gasteiger partial charge in [0.15, 0.2) is 0 Å². The molecule has 0 amide bonds. The van der Waals surface area contributed by atoms with Crippen LogP contribution in [0.15, 0.2) is 18.6 Å². The van der Waals surface area contributed by atoms with Gasteiger partial charge in [-0.2, -0.15) is 0 Å². The van der Waals surface area contributed by atoms with Crippen LogP contribution in [0.4, 0.5) is 5.82 Å². The summed E-state index contributed by atoms with van der Waals surface area (Å²) in [6.07, 6.45) is 3.64. The second kappa shape index (κ2) is 3.70. The first-order chi connectivity index (χ1) is 6.36. The Morgan fingerprint density at radius 3 is 3.23 bits per heavy atom. The summed E-state index contributed by atoms with van der Waals surface area (Å²) in [4.78, 5) is 10.3. The number of hydrogen-bond acceptors (Lipinski definition) is 4. The van der Waals surface area contributed by atoms with Crippen molar-refractivity contribution in [3.8, 4) is 0 Å². The third-order valence-corrected chi connectivity index (χ3v) is 2.13. The molecule has 1 atom stereocenters. The van der Waals surface area contributed by atoms with Gasteiger partial charge < -0.3 is 9.64 Å². The van der Waals surface area contributed by atoms with Crippen LogP contribution >= 0.6 is 0 Å². The fourth-order valence-corrected chi connectivity index (χ4v) is 1.50. The van der Waals surface area contributed by atoms with Crippen molar-refractivity contribution < 1.29 is 4.74 Å². The Kier molecular flexibility index (Phi) is 2.40. The molecule has 1 fully saturated rings. The summed E-state index contributed by atoms with van der Waals surface area (Å²) in [6.45, 7) is 4.69. The standard InChI is InChI=1S/C9H13N3O/c1-8-6-12(4-5-13-8)9-2-3-10-7-11-9/h2-3,7-8H,4-6H2,1H3. The molecule has 0 aliphatic carbocycles. The molecule has 4 heteroatoms. The number of aromatic nitrogens is 2. The highest BCUT2D eigenvalue weighted by Gasteiger charge is 2.17. The van der Waals surface area contributed by atoms with Crippen molar-refractivity contribution in [1.29, 1.82) is 0 Å². The minimum atomic E-state index is 0.295. The van der Waals surface area contributed by atoms with E-state index in [1.54, 1.807) is 12.5 Å². The van der Waals surface area contributed by atoms with E-state index in [0.29, 0.717) is 6.10 Å². The summed E-state index contributed by atoms with van der Waals surface area (Å²) < 4.78 is 5.44. The number of ether oxygens (including phenoxy) is 1. The van der Waals surface area contributed by atoms with Gasteiger partial charge in [0.25, 0.3) is 0 Å². The summed E-state index contributed by atoms with van der Waals surface area (Å²) in [6, 6.07) is 1.93. The molecule has 13 heavy (non-hydrogen) atoms. The van der Waals surface area contributed by atoms with Gasteiger partial charge in [0.2, 0.25) is 0 Å². The van der Waals surface area contributed by atoms with Crippen LogP contribution < -0.4 is 4.90 Å². The van der Waals surface area contributed by atoms with Gasteiger partial charge in [-0.05, 0) is 13.0 Å². The lowest BCUT2D eigenvalue weighted by Gasteiger charge is -2.31. The van der Waals surface area contributed by atoms with Gasteiger partial charge in [0, 0.05) is 19.3 Å². The predicted molar refractivity (Wildman–Crippen MR) is 49.7 cm³/mol. The van der Waals surface area contributed by atoms with Gasteiger partial charge in [-0.3, -0.25) is 0 Å². The number of rotatable bonds is 1. The van der Waals surface area contributed by atoms with Crippen LogP contribution in [0.25, 0.3) is 0 Å². The molecular formula is C9H13N3O. The average molecular weight is 179 g/mol. The van der Waals surface area contributed by atoms with E-state index in [4.69, 9.17) is 4.74 Å². The predicted octanol–water partition coefficient (Wildman–Crippen LogP) is 0.702. The maximum atomic E-state index is 5.44. The quantitative estimate of drug-likeness (QED) is 0.636. The summed E-state index contributed by atoms with van der Waals surface area (Å²) in [5, 5.41) is 0. The topological polar surface area (TPSA) is 38.2 Å². The van der Waals surface area contributed by atoms with Crippen molar-refractivity contribution in [2.45, 2.75) is 13.0 Å². The first-order valence-corrected chi connectivity index (χ1v) is 4.49. The first-order valence-electron chi connectivity index (χ1n) is 4.49. The second-order valence-corrected chi connectivity index (χ2v) is 3.20. The van der Waals surface area contributed by atoms with E-state index in [1.807, 2.05) is 6.07 Å². The Hall–Kier alpha value is -1.16. The molecule has 4 nitrogen and oxygen atoms in total. The van der Waals surface area contributed by atoms with E-state index < -0.39 is 0 Å². The van der Waals surface area contributed by atoms with E-state index in [9.17, 15) is 0 Å². The highest BCUT2D eigenvalue weighted by atomic mass is 16.5.